The molecular weight excluding hydrogens is 637 g/mol. The molecule has 4 aromatic rings. The fourth-order valence-electron chi connectivity index (χ4n) is 6.56. The van der Waals surface area contributed by atoms with Crippen LogP contribution in [0.5, 0.6) is 0 Å². The summed E-state index contributed by atoms with van der Waals surface area (Å²) in [5.41, 5.74) is 0.516. The molecule has 0 amide bonds. The number of hydrogen-bond acceptors (Lipinski definition) is 8. The van der Waals surface area contributed by atoms with Gasteiger partial charge in [-0.2, -0.15) is 0 Å². The van der Waals surface area contributed by atoms with Gasteiger partial charge in [0, 0.05) is 13.8 Å². The minimum absolute atomic E-state index is 0.00488. The van der Waals surface area contributed by atoms with Crippen LogP contribution in [-0.4, -0.2) is 57.6 Å². The molecule has 258 valence electrons. The highest BCUT2D eigenvalue weighted by molar-refractivity contribution is 6.99. The van der Waals surface area contributed by atoms with Gasteiger partial charge in [-0.3, -0.25) is 9.59 Å². The van der Waals surface area contributed by atoms with Gasteiger partial charge in [-0.1, -0.05) is 142 Å². The Morgan fingerprint density at radius 1 is 0.673 bits per heavy atom. The van der Waals surface area contributed by atoms with E-state index in [1.807, 2.05) is 97.1 Å². The minimum atomic E-state index is -3.10. The van der Waals surface area contributed by atoms with E-state index in [2.05, 4.69) is 45.0 Å². The van der Waals surface area contributed by atoms with Crippen molar-refractivity contribution in [3.8, 4) is 0 Å². The fraction of sp³-hybridized carbons (Fsp3) is 0.350. The summed E-state index contributed by atoms with van der Waals surface area (Å²) in [4.78, 5) is 25.0. The van der Waals surface area contributed by atoms with Gasteiger partial charge in [0.25, 0.3) is 8.32 Å². The number of ether oxygens (including phenoxy) is 5. The second-order valence-corrected chi connectivity index (χ2v) is 17.7. The molecule has 1 heterocycles. The first kappa shape index (κ1) is 36.2. The van der Waals surface area contributed by atoms with Crippen molar-refractivity contribution in [3.63, 3.8) is 0 Å². The van der Waals surface area contributed by atoms with Gasteiger partial charge in [0.2, 0.25) is 6.29 Å². The van der Waals surface area contributed by atoms with E-state index in [0.717, 1.165) is 21.5 Å². The van der Waals surface area contributed by atoms with Crippen molar-refractivity contribution >= 4 is 30.6 Å². The lowest BCUT2D eigenvalue weighted by atomic mass is 9.96. The lowest BCUT2D eigenvalue weighted by Crippen LogP contribution is -2.68. The molecule has 4 atom stereocenters. The van der Waals surface area contributed by atoms with E-state index in [9.17, 15) is 9.59 Å². The molecule has 1 aliphatic heterocycles. The summed E-state index contributed by atoms with van der Waals surface area (Å²) >= 11 is 0. The van der Waals surface area contributed by atoms with E-state index in [-0.39, 0.29) is 31.5 Å². The molecule has 0 aliphatic carbocycles. The minimum Gasteiger partial charge on any atom is -0.453 e. The van der Waals surface area contributed by atoms with Crippen molar-refractivity contribution in [2.24, 2.45) is 0 Å². The Morgan fingerprint density at radius 3 is 1.61 bits per heavy atom. The van der Waals surface area contributed by atoms with E-state index in [1.54, 1.807) is 0 Å². The van der Waals surface area contributed by atoms with Gasteiger partial charge in [-0.25, -0.2) is 0 Å². The first-order valence-electron chi connectivity index (χ1n) is 16.6. The van der Waals surface area contributed by atoms with Crippen LogP contribution in [0.2, 0.25) is 5.04 Å². The van der Waals surface area contributed by atoms with Crippen molar-refractivity contribution < 1.29 is 37.7 Å². The number of benzene rings is 4. The Labute approximate surface area is 290 Å². The molecule has 0 spiro atoms. The van der Waals surface area contributed by atoms with Gasteiger partial charge in [-0.05, 0) is 26.5 Å². The number of carbonyl (C=O) groups is 2. The second kappa shape index (κ2) is 16.1. The Hall–Kier alpha value is -4.12. The second-order valence-electron chi connectivity index (χ2n) is 13.4. The van der Waals surface area contributed by atoms with Crippen LogP contribution in [0.1, 0.15) is 45.7 Å². The molecule has 49 heavy (non-hydrogen) atoms. The third-order valence-corrected chi connectivity index (χ3v) is 13.7. The molecule has 0 saturated carbocycles. The number of carbonyl (C=O) groups excluding carboxylic acids is 2. The maximum absolute atomic E-state index is 12.6. The summed E-state index contributed by atoms with van der Waals surface area (Å²) in [6, 6.07) is 40.1. The van der Waals surface area contributed by atoms with Gasteiger partial charge in [-0.15, -0.1) is 0 Å². The predicted molar refractivity (Wildman–Crippen MR) is 190 cm³/mol. The summed E-state index contributed by atoms with van der Waals surface area (Å²) in [7, 11) is -3.10. The van der Waals surface area contributed by atoms with E-state index in [0.29, 0.717) is 0 Å². The molecule has 9 heteroatoms. The topological polar surface area (TPSA) is 89.5 Å². The monoisotopic (exact) mass is 682 g/mol. The van der Waals surface area contributed by atoms with Crippen LogP contribution in [0.4, 0.5) is 0 Å². The molecule has 0 bridgehead atoms. The zero-order valence-corrected chi connectivity index (χ0v) is 29.9. The molecule has 0 radical (unpaired) electrons. The zero-order chi connectivity index (χ0) is 34.9. The first-order chi connectivity index (χ1) is 23.5. The van der Waals surface area contributed by atoms with E-state index >= 15 is 0 Å². The largest absolute Gasteiger partial charge is 0.453 e. The molecule has 0 aromatic heterocycles. The quantitative estimate of drug-likeness (QED) is 0.119. The van der Waals surface area contributed by atoms with E-state index in [4.69, 9.17) is 28.1 Å². The Kier molecular flexibility index (Phi) is 11.9. The SMILES string of the molecule is CC(=O)OC1O[C@@](COCc2ccccc2)(CO[Si](c2ccccc2)(c2ccccc2)C(C)(C)C)[C@@H](OCc2ccccc2)[C@H]1OC(C)=O. The van der Waals surface area contributed by atoms with Gasteiger partial charge in [0.15, 0.2) is 6.10 Å². The Bertz CT molecular complexity index is 1590. The average molecular weight is 683 g/mol. The van der Waals surface area contributed by atoms with Crippen molar-refractivity contribution in [1.29, 1.82) is 0 Å². The highest BCUT2D eigenvalue weighted by Crippen LogP contribution is 2.42. The Balaban J connectivity index is 1.62. The van der Waals surface area contributed by atoms with Crippen LogP contribution in [0.25, 0.3) is 0 Å². The van der Waals surface area contributed by atoms with Gasteiger partial charge in [0.1, 0.15) is 11.7 Å². The maximum atomic E-state index is 12.6. The van der Waals surface area contributed by atoms with Crippen molar-refractivity contribution in [1.82, 2.24) is 0 Å². The molecular formula is C40H46O8Si. The Morgan fingerprint density at radius 2 is 1.14 bits per heavy atom. The molecule has 5 rings (SSSR count). The smallest absolute Gasteiger partial charge is 0.305 e. The zero-order valence-electron chi connectivity index (χ0n) is 28.9. The van der Waals surface area contributed by atoms with Crippen LogP contribution < -0.4 is 10.4 Å². The fourth-order valence-corrected chi connectivity index (χ4v) is 11.2. The summed E-state index contributed by atoms with van der Waals surface area (Å²) < 4.78 is 38.7. The van der Waals surface area contributed by atoms with Crippen LogP contribution in [0.15, 0.2) is 121 Å². The van der Waals surface area contributed by atoms with Crippen LogP contribution in [-0.2, 0) is 50.9 Å². The molecule has 0 N–H and O–H groups in total. The molecule has 4 aromatic carbocycles. The number of rotatable bonds is 14. The average Bonchev–Trinajstić information content (AvgIpc) is 3.35. The van der Waals surface area contributed by atoms with Crippen LogP contribution in [0.3, 0.4) is 0 Å². The maximum Gasteiger partial charge on any atom is 0.305 e. The predicted octanol–water partition coefficient (Wildman–Crippen LogP) is 5.96. The van der Waals surface area contributed by atoms with E-state index < -0.39 is 44.4 Å². The highest BCUT2D eigenvalue weighted by Gasteiger charge is 2.62. The molecule has 1 unspecified atom stereocenters. The number of esters is 2. The van der Waals surface area contributed by atoms with Gasteiger partial charge >= 0.3 is 11.9 Å². The highest BCUT2D eigenvalue weighted by atomic mass is 28.4. The summed E-state index contributed by atoms with van der Waals surface area (Å²) in [6.07, 6.45) is -3.28. The summed E-state index contributed by atoms with van der Waals surface area (Å²) in [6.45, 7) is 9.63. The summed E-state index contributed by atoms with van der Waals surface area (Å²) in [5.74, 6) is -1.15. The molecule has 1 aliphatic rings. The van der Waals surface area contributed by atoms with Gasteiger partial charge < -0.3 is 28.1 Å². The first-order valence-corrected chi connectivity index (χ1v) is 18.5. The third kappa shape index (κ3) is 8.55. The summed E-state index contributed by atoms with van der Waals surface area (Å²) in [5, 5.41) is 1.83. The molecule has 1 saturated heterocycles. The third-order valence-electron chi connectivity index (χ3n) is 8.70. The van der Waals surface area contributed by atoms with E-state index in [1.165, 1.54) is 13.8 Å². The van der Waals surface area contributed by atoms with Crippen molar-refractivity contribution in [2.75, 3.05) is 13.2 Å². The van der Waals surface area contributed by atoms with Gasteiger partial charge in [0.05, 0.1) is 26.4 Å². The van der Waals surface area contributed by atoms with Crippen molar-refractivity contribution in [3.05, 3.63) is 132 Å². The molecule has 1 fully saturated rings. The lowest BCUT2D eigenvalue weighted by molar-refractivity contribution is -0.217. The molecule has 8 nitrogen and oxygen atoms in total. The number of hydrogen-bond donors (Lipinski definition) is 0. The normalized spacial score (nSPS) is 20.9. The van der Waals surface area contributed by atoms with Crippen LogP contribution >= 0.6 is 0 Å². The lowest BCUT2D eigenvalue weighted by Gasteiger charge is -2.45. The van der Waals surface area contributed by atoms with Crippen molar-refractivity contribution in [2.45, 2.75) is 77.0 Å². The van der Waals surface area contributed by atoms with Crippen LogP contribution in [0, 0.1) is 0 Å². The standard InChI is InChI=1S/C40H46O8Si/c1-30(41)46-36-37(44-27-33-20-12-7-13-21-33)40(48-38(36)47-31(2)42,28-43-26-32-18-10-6-11-19-32)29-45-49(39(3,4)5,34-22-14-8-15-23-34)35-24-16-9-17-25-35/h6-25,36-38H,26-29H2,1-5H3/t36-,37+,38?,40+/m1/s1.